The summed E-state index contributed by atoms with van der Waals surface area (Å²) in [5, 5.41) is 6.12. The second kappa shape index (κ2) is 10.5. The molecule has 136 valence electrons. The fraction of sp³-hybridized carbons (Fsp3) is 0.588. The molecule has 1 aliphatic heterocycles. The molecule has 24 heavy (non-hydrogen) atoms. The van der Waals surface area contributed by atoms with Gasteiger partial charge in [-0.2, -0.15) is 0 Å². The van der Waals surface area contributed by atoms with E-state index in [4.69, 9.17) is 4.74 Å². The smallest absolute Gasteiger partial charge is 0.220 e. The third-order valence-electron chi connectivity index (χ3n) is 4.28. The Kier molecular flexibility index (Phi) is 9.00. The van der Waals surface area contributed by atoms with Gasteiger partial charge in [-0.1, -0.05) is 6.92 Å². The van der Waals surface area contributed by atoms with E-state index in [-0.39, 0.29) is 30.7 Å². The van der Waals surface area contributed by atoms with E-state index in [1.807, 2.05) is 0 Å². The van der Waals surface area contributed by atoms with Crippen LogP contribution in [0.5, 0.6) is 5.75 Å². The molecule has 1 saturated heterocycles. The molecule has 1 aromatic rings. The Hall–Kier alpha value is -1.40. The lowest BCUT2D eigenvalue weighted by molar-refractivity contribution is -0.122. The number of carbonyl (C=O) groups excluding carboxylic acids is 1. The Morgan fingerprint density at radius 1 is 1.33 bits per heavy atom. The Labute approximate surface area is 147 Å². The highest BCUT2D eigenvalue weighted by Gasteiger charge is 2.21. The average molecular weight is 363 g/mol. The molecule has 0 spiro atoms. The zero-order valence-corrected chi connectivity index (χ0v) is 14.6. The molecule has 1 aromatic carbocycles. The molecule has 0 bridgehead atoms. The van der Waals surface area contributed by atoms with Gasteiger partial charge in [-0.3, -0.25) is 4.79 Å². The van der Waals surface area contributed by atoms with Gasteiger partial charge in [-0.25, -0.2) is 8.78 Å². The number of benzene rings is 1. The molecular formula is C17H25ClF2N2O2. The number of nitrogens with one attached hydrogen (secondary N) is 2. The van der Waals surface area contributed by atoms with E-state index in [0.717, 1.165) is 38.1 Å². The van der Waals surface area contributed by atoms with Crippen LogP contribution in [0.4, 0.5) is 8.78 Å². The van der Waals surface area contributed by atoms with E-state index < -0.39 is 11.6 Å². The summed E-state index contributed by atoms with van der Waals surface area (Å²) in [6, 6.07) is 3.37. The molecule has 2 N–H and O–H groups in total. The Morgan fingerprint density at radius 2 is 2.04 bits per heavy atom. The summed E-state index contributed by atoms with van der Waals surface area (Å²) < 4.78 is 31.1. The monoisotopic (exact) mass is 362 g/mol. The fourth-order valence-corrected chi connectivity index (χ4v) is 2.87. The summed E-state index contributed by atoms with van der Waals surface area (Å²) in [6.07, 6.45) is 2.75. The van der Waals surface area contributed by atoms with Crippen LogP contribution < -0.4 is 15.4 Å². The summed E-state index contributed by atoms with van der Waals surface area (Å²) in [6.45, 7) is 4.74. The molecular weight excluding hydrogens is 338 g/mol. The number of ether oxygens (including phenoxy) is 1. The summed E-state index contributed by atoms with van der Waals surface area (Å²) in [4.78, 5) is 11.9. The maximum atomic E-state index is 13.0. The van der Waals surface area contributed by atoms with Crippen LogP contribution in [0, 0.1) is 23.5 Å². The summed E-state index contributed by atoms with van der Waals surface area (Å²) in [7, 11) is 0. The van der Waals surface area contributed by atoms with Gasteiger partial charge in [0, 0.05) is 12.5 Å². The molecule has 1 unspecified atom stereocenters. The van der Waals surface area contributed by atoms with Crippen molar-refractivity contribution in [2.75, 3.05) is 26.2 Å². The van der Waals surface area contributed by atoms with Gasteiger partial charge in [0.2, 0.25) is 5.91 Å². The topological polar surface area (TPSA) is 50.4 Å². The van der Waals surface area contributed by atoms with E-state index >= 15 is 0 Å². The van der Waals surface area contributed by atoms with Crippen LogP contribution in [0.2, 0.25) is 0 Å². The van der Waals surface area contributed by atoms with Gasteiger partial charge >= 0.3 is 0 Å². The van der Waals surface area contributed by atoms with Crippen molar-refractivity contribution in [2.24, 2.45) is 11.8 Å². The van der Waals surface area contributed by atoms with E-state index in [2.05, 4.69) is 17.6 Å². The van der Waals surface area contributed by atoms with Gasteiger partial charge in [-0.05, 0) is 49.9 Å². The van der Waals surface area contributed by atoms with Crippen LogP contribution >= 0.6 is 12.4 Å². The molecule has 4 nitrogen and oxygen atoms in total. The molecule has 1 amide bonds. The first-order valence-electron chi connectivity index (χ1n) is 8.11. The minimum Gasteiger partial charge on any atom is -0.492 e. The maximum Gasteiger partial charge on any atom is 0.220 e. The lowest BCUT2D eigenvalue weighted by Gasteiger charge is -2.27. The van der Waals surface area contributed by atoms with Crippen LogP contribution in [0.15, 0.2) is 18.2 Å². The lowest BCUT2D eigenvalue weighted by Crippen LogP contribution is -2.34. The number of halogens is 3. The van der Waals surface area contributed by atoms with E-state index in [0.29, 0.717) is 24.8 Å². The average Bonchev–Trinajstić information content (AvgIpc) is 2.55. The predicted molar refractivity (Wildman–Crippen MR) is 91.5 cm³/mol. The van der Waals surface area contributed by atoms with Crippen molar-refractivity contribution in [1.29, 1.82) is 0 Å². The highest BCUT2D eigenvalue weighted by molar-refractivity contribution is 5.85. The third kappa shape index (κ3) is 6.61. The van der Waals surface area contributed by atoms with Crippen LogP contribution in [0.3, 0.4) is 0 Å². The van der Waals surface area contributed by atoms with Crippen LogP contribution in [0.1, 0.15) is 26.2 Å². The normalized spacial score (nSPS) is 16.1. The van der Waals surface area contributed by atoms with Crippen molar-refractivity contribution in [2.45, 2.75) is 26.2 Å². The minimum absolute atomic E-state index is 0. The molecule has 1 heterocycles. The molecule has 2 rings (SSSR count). The number of rotatable bonds is 7. The van der Waals surface area contributed by atoms with Gasteiger partial charge in [0.15, 0.2) is 11.6 Å². The van der Waals surface area contributed by atoms with Gasteiger partial charge < -0.3 is 15.4 Å². The highest BCUT2D eigenvalue weighted by atomic mass is 35.5. The molecule has 0 saturated carbocycles. The molecule has 1 fully saturated rings. The number of piperidine rings is 1. The van der Waals surface area contributed by atoms with Gasteiger partial charge in [-0.15, -0.1) is 12.4 Å². The maximum absolute atomic E-state index is 13.0. The lowest BCUT2D eigenvalue weighted by atomic mass is 9.84. The largest absolute Gasteiger partial charge is 0.492 e. The standard InChI is InChI=1S/C17H24F2N2O2.ClH/c1-12(13-4-6-20-7-5-13)10-17(22)21-8-9-23-14-2-3-15(18)16(19)11-14;/h2-3,11-13,20H,4-10H2,1H3,(H,21,22);1H. The van der Waals surface area contributed by atoms with Crippen molar-refractivity contribution in [3.8, 4) is 5.75 Å². The Balaban J connectivity index is 0.00000288. The molecule has 1 aliphatic rings. The van der Waals surface area contributed by atoms with Crippen molar-refractivity contribution in [3.63, 3.8) is 0 Å². The zero-order chi connectivity index (χ0) is 16.7. The highest BCUT2D eigenvalue weighted by Crippen LogP contribution is 2.24. The summed E-state index contributed by atoms with van der Waals surface area (Å²) >= 11 is 0. The van der Waals surface area contributed by atoms with Crippen molar-refractivity contribution in [3.05, 3.63) is 29.8 Å². The molecule has 1 atom stereocenters. The number of carbonyl (C=O) groups is 1. The first-order valence-corrected chi connectivity index (χ1v) is 8.11. The van der Waals surface area contributed by atoms with E-state index in [9.17, 15) is 13.6 Å². The van der Waals surface area contributed by atoms with Crippen LogP contribution in [0.25, 0.3) is 0 Å². The summed E-state index contributed by atoms with van der Waals surface area (Å²) in [5.41, 5.74) is 0. The fourth-order valence-electron chi connectivity index (χ4n) is 2.87. The molecule has 0 aromatic heterocycles. The quantitative estimate of drug-likeness (QED) is 0.733. The Bertz CT molecular complexity index is 525. The van der Waals surface area contributed by atoms with E-state index in [1.54, 1.807) is 0 Å². The number of hydrogen-bond acceptors (Lipinski definition) is 3. The SMILES string of the molecule is CC(CC(=O)NCCOc1ccc(F)c(F)c1)C1CCNCC1.Cl. The number of amides is 1. The zero-order valence-electron chi connectivity index (χ0n) is 13.8. The van der Waals surface area contributed by atoms with Gasteiger partial charge in [0.25, 0.3) is 0 Å². The molecule has 0 aliphatic carbocycles. The molecule has 7 heteroatoms. The van der Waals surface area contributed by atoms with Crippen molar-refractivity contribution >= 4 is 18.3 Å². The van der Waals surface area contributed by atoms with Crippen LogP contribution in [-0.4, -0.2) is 32.1 Å². The van der Waals surface area contributed by atoms with Crippen molar-refractivity contribution in [1.82, 2.24) is 10.6 Å². The van der Waals surface area contributed by atoms with Gasteiger partial charge in [0.1, 0.15) is 12.4 Å². The molecule has 0 radical (unpaired) electrons. The first-order chi connectivity index (χ1) is 11.1. The third-order valence-corrected chi connectivity index (χ3v) is 4.28. The van der Waals surface area contributed by atoms with Crippen molar-refractivity contribution < 1.29 is 18.3 Å². The van der Waals surface area contributed by atoms with Crippen LogP contribution in [-0.2, 0) is 4.79 Å². The Morgan fingerprint density at radius 3 is 2.71 bits per heavy atom. The van der Waals surface area contributed by atoms with Gasteiger partial charge in [0.05, 0.1) is 6.54 Å². The van der Waals surface area contributed by atoms with E-state index in [1.165, 1.54) is 6.07 Å². The summed E-state index contributed by atoms with van der Waals surface area (Å²) in [5.74, 6) is -0.629. The first kappa shape index (κ1) is 20.6. The second-order valence-electron chi connectivity index (χ2n) is 6.04. The number of hydrogen-bond donors (Lipinski definition) is 2. The minimum atomic E-state index is -0.942. The predicted octanol–water partition coefficient (Wildman–Crippen LogP) is 2.91. The second-order valence-corrected chi connectivity index (χ2v) is 6.04.